The number of thiophene rings is 1. The molecule has 3 nitrogen and oxygen atoms in total. The van der Waals surface area contributed by atoms with Crippen LogP contribution < -0.4 is 0 Å². The second-order valence-corrected chi connectivity index (χ2v) is 14.8. The van der Waals surface area contributed by atoms with Crippen LogP contribution in [-0.2, 0) is 0 Å². The molecule has 0 saturated carbocycles. The van der Waals surface area contributed by atoms with Gasteiger partial charge in [-0.2, -0.15) is 0 Å². The molecule has 8 aromatic carbocycles. The molecule has 4 heterocycles. The van der Waals surface area contributed by atoms with Gasteiger partial charge >= 0.3 is 0 Å². The average Bonchev–Trinajstić information content (AvgIpc) is 3.95. The topological polar surface area (TPSA) is 23.0 Å². The van der Waals surface area contributed by atoms with E-state index in [0.29, 0.717) is 0 Å². The van der Waals surface area contributed by atoms with Gasteiger partial charge in [0, 0.05) is 63.9 Å². The number of rotatable bonds is 3. The fourth-order valence-corrected chi connectivity index (χ4v) is 9.86. The summed E-state index contributed by atoms with van der Waals surface area (Å²) in [5.41, 5.74) is 11.4. The molecule has 0 fully saturated rings. The van der Waals surface area contributed by atoms with Gasteiger partial charge in [-0.25, -0.2) is 0 Å². The molecule has 4 heteroatoms. The molecule has 242 valence electrons. The van der Waals surface area contributed by atoms with E-state index in [4.69, 9.17) is 4.42 Å². The summed E-state index contributed by atoms with van der Waals surface area (Å²) in [6, 6.07) is 61.8. The predicted molar refractivity (Wildman–Crippen MR) is 221 cm³/mol. The molecule has 52 heavy (non-hydrogen) atoms. The molecule has 0 unspecified atom stereocenters. The molecular formula is C48H28N2OS. The third-order valence-corrected chi connectivity index (χ3v) is 12.1. The van der Waals surface area contributed by atoms with E-state index >= 15 is 0 Å². The number of nitrogens with zero attached hydrogens (tertiary/aromatic N) is 2. The summed E-state index contributed by atoms with van der Waals surface area (Å²) in [5, 5.41) is 9.99. The lowest BCUT2D eigenvalue weighted by Gasteiger charge is -2.09. The Morgan fingerprint density at radius 3 is 1.87 bits per heavy atom. The van der Waals surface area contributed by atoms with Crippen LogP contribution in [0.3, 0.4) is 0 Å². The summed E-state index contributed by atoms with van der Waals surface area (Å²) in [6.07, 6.45) is 0. The Bertz CT molecular complexity index is 3410. The molecule has 0 aliphatic heterocycles. The van der Waals surface area contributed by atoms with Crippen LogP contribution in [-0.4, -0.2) is 9.13 Å². The third-order valence-electron chi connectivity index (χ3n) is 10.9. The van der Waals surface area contributed by atoms with Gasteiger partial charge in [-0.15, -0.1) is 11.3 Å². The molecular weight excluding hydrogens is 653 g/mol. The average molecular weight is 681 g/mol. The number of benzene rings is 8. The van der Waals surface area contributed by atoms with Crippen molar-refractivity contribution in [2.75, 3.05) is 0 Å². The zero-order chi connectivity index (χ0) is 33.9. The highest BCUT2D eigenvalue weighted by molar-refractivity contribution is 7.26. The van der Waals surface area contributed by atoms with Crippen LogP contribution in [0.4, 0.5) is 0 Å². The molecule has 0 N–H and O–H groups in total. The molecule has 4 aromatic heterocycles. The second kappa shape index (κ2) is 10.5. The van der Waals surface area contributed by atoms with Crippen molar-refractivity contribution in [1.82, 2.24) is 9.13 Å². The van der Waals surface area contributed by atoms with E-state index in [9.17, 15) is 0 Å². The molecule has 0 aliphatic carbocycles. The normalized spacial score (nSPS) is 12.2. The van der Waals surface area contributed by atoms with Crippen molar-refractivity contribution in [2.45, 2.75) is 0 Å². The van der Waals surface area contributed by atoms with E-state index in [1.165, 1.54) is 80.6 Å². The maximum absolute atomic E-state index is 6.18. The van der Waals surface area contributed by atoms with Gasteiger partial charge in [0.25, 0.3) is 0 Å². The first-order valence-electron chi connectivity index (χ1n) is 17.7. The van der Waals surface area contributed by atoms with Crippen LogP contribution in [0.25, 0.3) is 108 Å². The van der Waals surface area contributed by atoms with Crippen molar-refractivity contribution in [3.63, 3.8) is 0 Å². The minimum Gasteiger partial charge on any atom is -0.456 e. The third kappa shape index (κ3) is 3.84. The lowest BCUT2D eigenvalue weighted by Crippen LogP contribution is -1.93. The summed E-state index contributed by atoms with van der Waals surface area (Å²) in [6.45, 7) is 0. The Morgan fingerprint density at radius 2 is 1.00 bits per heavy atom. The maximum Gasteiger partial charge on any atom is 0.135 e. The number of furan rings is 1. The first-order chi connectivity index (χ1) is 25.8. The van der Waals surface area contributed by atoms with Crippen LogP contribution in [0.15, 0.2) is 174 Å². The monoisotopic (exact) mass is 680 g/mol. The number of hydrogen-bond acceptors (Lipinski definition) is 2. The number of hydrogen-bond donors (Lipinski definition) is 0. The molecule has 0 bridgehead atoms. The quantitative estimate of drug-likeness (QED) is 0.182. The highest BCUT2D eigenvalue weighted by Crippen LogP contribution is 2.45. The highest BCUT2D eigenvalue weighted by atomic mass is 32.1. The smallest absolute Gasteiger partial charge is 0.135 e. The van der Waals surface area contributed by atoms with Gasteiger partial charge in [-0.3, -0.25) is 0 Å². The minimum absolute atomic E-state index is 0.907. The first kappa shape index (κ1) is 28.1. The van der Waals surface area contributed by atoms with Gasteiger partial charge in [0.2, 0.25) is 0 Å². The Morgan fingerprint density at radius 1 is 0.365 bits per heavy atom. The van der Waals surface area contributed by atoms with Gasteiger partial charge in [-0.1, -0.05) is 91.0 Å². The zero-order valence-corrected chi connectivity index (χ0v) is 28.7. The van der Waals surface area contributed by atoms with Crippen molar-refractivity contribution < 1.29 is 4.42 Å². The fourth-order valence-electron chi connectivity index (χ4n) is 8.60. The van der Waals surface area contributed by atoms with Crippen LogP contribution >= 0.6 is 11.3 Å². The number of fused-ring (bicyclic) bond motifs is 13. The van der Waals surface area contributed by atoms with Crippen LogP contribution in [0.5, 0.6) is 0 Å². The number of aromatic nitrogens is 2. The van der Waals surface area contributed by atoms with E-state index in [-0.39, 0.29) is 0 Å². The van der Waals surface area contributed by atoms with Crippen LogP contribution in [0.1, 0.15) is 0 Å². The van der Waals surface area contributed by atoms with Crippen molar-refractivity contribution in [1.29, 1.82) is 0 Å². The molecule has 0 saturated heterocycles. The Kier molecular flexibility index (Phi) is 5.65. The van der Waals surface area contributed by atoms with Crippen molar-refractivity contribution in [3.8, 4) is 22.5 Å². The summed E-state index contributed by atoms with van der Waals surface area (Å²) >= 11 is 1.90. The van der Waals surface area contributed by atoms with Crippen molar-refractivity contribution in [2.24, 2.45) is 0 Å². The van der Waals surface area contributed by atoms with E-state index in [1.807, 2.05) is 23.5 Å². The van der Waals surface area contributed by atoms with Gasteiger partial charge in [-0.05, 0) is 90.0 Å². The summed E-state index contributed by atoms with van der Waals surface area (Å²) in [4.78, 5) is 0. The lowest BCUT2D eigenvalue weighted by atomic mass is 10.00. The Hall–Kier alpha value is -6.62. The second-order valence-electron chi connectivity index (χ2n) is 13.7. The van der Waals surface area contributed by atoms with Gasteiger partial charge < -0.3 is 13.6 Å². The summed E-state index contributed by atoms with van der Waals surface area (Å²) < 4.78 is 13.7. The summed E-state index contributed by atoms with van der Waals surface area (Å²) in [5.74, 6) is 0. The first-order valence-corrected chi connectivity index (χ1v) is 18.5. The van der Waals surface area contributed by atoms with Crippen molar-refractivity contribution in [3.05, 3.63) is 170 Å². The molecule has 12 aromatic rings. The van der Waals surface area contributed by atoms with E-state index in [0.717, 1.165) is 27.6 Å². The van der Waals surface area contributed by atoms with E-state index < -0.39 is 0 Å². The molecule has 0 aliphatic rings. The van der Waals surface area contributed by atoms with Gasteiger partial charge in [0.05, 0.1) is 22.1 Å². The Labute approximate surface area is 301 Å². The van der Waals surface area contributed by atoms with E-state index in [1.54, 1.807) is 0 Å². The summed E-state index contributed by atoms with van der Waals surface area (Å²) in [7, 11) is 0. The lowest BCUT2D eigenvalue weighted by molar-refractivity contribution is 0.669. The molecule has 0 radical (unpaired) electrons. The van der Waals surface area contributed by atoms with Gasteiger partial charge in [0.15, 0.2) is 0 Å². The van der Waals surface area contributed by atoms with Crippen molar-refractivity contribution >= 4 is 97.1 Å². The predicted octanol–water partition coefficient (Wildman–Crippen LogP) is 13.8. The van der Waals surface area contributed by atoms with Crippen LogP contribution in [0.2, 0.25) is 0 Å². The minimum atomic E-state index is 0.907. The van der Waals surface area contributed by atoms with E-state index in [2.05, 4.69) is 167 Å². The molecule has 0 amide bonds. The SMILES string of the molecule is c1ccc(-n2c3ccc(-c4ccc5c(c4)c4ccccc4n5-c4ccc5oc6ccccc6c5c4)cc3c3c4sc5ccccc5c4ccc32)cc1. The largest absolute Gasteiger partial charge is 0.456 e. The fraction of sp³-hybridized carbons (Fsp3) is 0. The molecule has 0 spiro atoms. The van der Waals surface area contributed by atoms with Crippen LogP contribution in [0, 0.1) is 0 Å². The number of para-hydroxylation sites is 3. The molecule has 0 atom stereocenters. The highest BCUT2D eigenvalue weighted by Gasteiger charge is 2.19. The maximum atomic E-state index is 6.18. The zero-order valence-electron chi connectivity index (χ0n) is 27.9. The standard InChI is InChI=1S/C48H28N2OS/c1-2-10-31(11-3-1)49-42-23-19-30(27-39(42)47-43(49)24-21-36-35-14-6-9-17-46(35)52-48(36)47)29-18-22-41-37(26-29)33-12-4-7-15-40(33)50(41)32-20-25-45-38(28-32)34-13-5-8-16-44(34)51-45/h1-28H. The van der Waals surface area contributed by atoms with Gasteiger partial charge in [0.1, 0.15) is 11.2 Å². The Balaban J connectivity index is 1.10. The molecule has 12 rings (SSSR count).